The van der Waals surface area contributed by atoms with Crippen LogP contribution in [0.4, 0.5) is 14.5 Å². The summed E-state index contributed by atoms with van der Waals surface area (Å²) in [5, 5.41) is 6.64. The van der Waals surface area contributed by atoms with Crippen LogP contribution in [0.3, 0.4) is 0 Å². The molecule has 0 aliphatic rings. The molecule has 0 radical (unpaired) electrons. The van der Waals surface area contributed by atoms with Crippen LogP contribution in [0.2, 0.25) is 0 Å². The van der Waals surface area contributed by atoms with Crippen molar-refractivity contribution in [2.75, 3.05) is 5.32 Å². The summed E-state index contributed by atoms with van der Waals surface area (Å²) in [4.78, 5) is 16.5. The molecule has 2 heterocycles. The van der Waals surface area contributed by atoms with E-state index >= 15 is 0 Å². The van der Waals surface area contributed by atoms with Gasteiger partial charge in [-0.15, -0.1) is 0 Å². The zero-order valence-corrected chi connectivity index (χ0v) is 13.0. The van der Waals surface area contributed by atoms with Crippen molar-refractivity contribution in [3.05, 3.63) is 65.6 Å². The fourth-order valence-corrected chi connectivity index (χ4v) is 2.29. The van der Waals surface area contributed by atoms with Crippen LogP contribution in [0, 0.1) is 18.6 Å². The van der Waals surface area contributed by atoms with Gasteiger partial charge in [0.2, 0.25) is 0 Å². The van der Waals surface area contributed by atoms with Gasteiger partial charge >= 0.3 is 0 Å². The highest BCUT2D eigenvalue weighted by Crippen LogP contribution is 2.25. The van der Waals surface area contributed by atoms with E-state index in [0.29, 0.717) is 16.9 Å². The Hall–Kier alpha value is -3.09. The fraction of sp³-hybridized carbons (Fsp3) is 0.118. The van der Waals surface area contributed by atoms with Crippen molar-refractivity contribution < 1.29 is 13.6 Å². The minimum atomic E-state index is -0.779. The van der Waals surface area contributed by atoms with Gasteiger partial charge in [-0.25, -0.2) is 8.78 Å². The van der Waals surface area contributed by atoms with Crippen molar-refractivity contribution >= 4 is 11.6 Å². The van der Waals surface area contributed by atoms with Gasteiger partial charge in [0.25, 0.3) is 5.91 Å². The predicted molar refractivity (Wildman–Crippen MR) is 85.5 cm³/mol. The first-order valence-electron chi connectivity index (χ1n) is 7.16. The number of aryl methyl sites for hydroxylation is 2. The van der Waals surface area contributed by atoms with Crippen molar-refractivity contribution in [2.24, 2.45) is 7.05 Å². The van der Waals surface area contributed by atoms with Crippen LogP contribution in [-0.4, -0.2) is 20.7 Å². The summed E-state index contributed by atoms with van der Waals surface area (Å²) in [6.45, 7) is 1.43. The lowest BCUT2D eigenvalue weighted by Gasteiger charge is -2.10. The van der Waals surface area contributed by atoms with Gasteiger partial charge in [-0.05, 0) is 36.8 Å². The van der Waals surface area contributed by atoms with Gasteiger partial charge in [-0.3, -0.25) is 14.5 Å². The third kappa shape index (κ3) is 3.01. The number of amides is 1. The average molecular weight is 328 g/mol. The van der Waals surface area contributed by atoms with Crippen molar-refractivity contribution in [1.82, 2.24) is 14.8 Å². The zero-order valence-electron chi connectivity index (χ0n) is 13.0. The number of pyridine rings is 1. The Morgan fingerprint density at radius 3 is 2.75 bits per heavy atom. The maximum absolute atomic E-state index is 14.0. The van der Waals surface area contributed by atoms with E-state index in [-0.39, 0.29) is 11.1 Å². The standard InChI is InChI=1S/C17H14F2N4O/c1-10-6-14(19)12(7-13(10)18)17(24)22-15-4-3-5-20-16(15)11-8-21-23(2)9-11/h3-9H,1-2H3,(H,22,24). The van der Waals surface area contributed by atoms with Gasteiger partial charge in [0, 0.05) is 25.0 Å². The van der Waals surface area contributed by atoms with Crippen molar-refractivity contribution in [2.45, 2.75) is 6.92 Å². The molecule has 24 heavy (non-hydrogen) atoms. The minimum Gasteiger partial charge on any atom is -0.320 e. The molecule has 0 spiro atoms. The highest BCUT2D eigenvalue weighted by molar-refractivity contribution is 6.06. The third-order valence-electron chi connectivity index (χ3n) is 3.53. The second-order valence-electron chi connectivity index (χ2n) is 5.34. The largest absolute Gasteiger partial charge is 0.320 e. The van der Waals surface area contributed by atoms with Crippen LogP contribution in [0.5, 0.6) is 0 Å². The summed E-state index contributed by atoms with van der Waals surface area (Å²) >= 11 is 0. The monoisotopic (exact) mass is 328 g/mol. The minimum absolute atomic E-state index is 0.140. The number of rotatable bonds is 3. The van der Waals surface area contributed by atoms with E-state index in [0.717, 1.165) is 12.1 Å². The number of nitrogens with one attached hydrogen (secondary N) is 1. The van der Waals surface area contributed by atoms with E-state index in [1.54, 1.807) is 42.5 Å². The number of anilines is 1. The molecule has 5 nitrogen and oxygen atoms in total. The molecule has 0 atom stereocenters. The molecule has 1 amide bonds. The Balaban J connectivity index is 1.95. The van der Waals surface area contributed by atoms with Gasteiger partial charge in [0.05, 0.1) is 23.1 Å². The summed E-state index contributed by atoms with van der Waals surface area (Å²) < 4.78 is 29.2. The van der Waals surface area contributed by atoms with Crippen molar-refractivity contribution in [3.8, 4) is 11.3 Å². The molecule has 0 saturated carbocycles. The summed E-state index contributed by atoms with van der Waals surface area (Å²) in [6.07, 6.45) is 4.92. The summed E-state index contributed by atoms with van der Waals surface area (Å²) in [7, 11) is 1.76. The molecule has 3 aromatic rings. The molecule has 3 rings (SSSR count). The topological polar surface area (TPSA) is 59.8 Å². The summed E-state index contributed by atoms with van der Waals surface area (Å²) in [5.74, 6) is -2.16. The van der Waals surface area contributed by atoms with E-state index in [9.17, 15) is 13.6 Å². The number of hydrogen-bond donors (Lipinski definition) is 1. The molecule has 0 bridgehead atoms. The lowest BCUT2D eigenvalue weighted by Crippen LogP contribution is -2.15. The number of carbonyl (C=O) groups excluding carboxylic acids is 1. The summed E-state index contributed by atoms with van der Waals surface area (Å²) in [5.41, 5.74) is 1.35. The quantitative estimate of drug-likeness (QED) is 0.802. The van der Waals surface area contributed by atoms with Gasteiger partial charge < -0.3 is 5.32 Å². The summed E-state index contributed by atoms with van der Waals surface area (Å²) in [6, 6.07) is 5.16. The van der Waals surface area contributed by atoms with E-state index in [2.05, 4.69) is 15.4 Å². The van der Waals surface area contributed by atoms with Crippen LogP contribution in [0.15, 0.2) is 42.9 Å². The molecule has 0 fully saturated rings. The smallest absolute Gasteiger partial charge is 0.258 e. The second kappa shape index (κ2) is 6.19. The van der Waals surface area contributed by atoms with Gasteiger partial charge in [0.15, 0.2) is 0 Å². The first kappa shape index (κ1) is 15.8. The van der Waals surface area contributed by atoms with Crippen molar-refractivity contribution in [1.29, 1.82) is 0 Å². The molecule has 0 aliphatic heterocycles. The number of carbonyl (C=O) groups is 1. The lowest BCUT2D eigenvalue weighted by molar-refractivity contribution is 0.102. The van der Waals surface area contributed by atoms with E-state index < -0.39 is 17.5 Å². The average Bonchev–Trinajstić information content (AvgIpc) is 2.97. The Morgan fingerprint density at radius 1 is 1.25 bits per heavy atom. The molecule has 0 unspecified atom stereocenters. The SMILES string of the molecule is Cc1cc(F)c(C(=O)Nc2cccnc2-c2cnn(C)c2)cc1F. The van der Waals surface area contributed by atoms with Gasteiger partial charge in [-0.2, -0.15) is 5.10 Å². The van der Waals surface area contributed by atoms with Gasteiger partial charge in [-0.1, -0.05) is 0 Å². The Morgan fingerprint density at radius 2 is 2.04 bits per heavy atom. The van der Waals surface area contributed by atoms with E-state index in [1.807, 2.05) is 0 Å². The number of hydrogen-bond acceptors (Lipinski definition) is 3. The van der Waals surface area contributed by atoms with E-state index in [4.69, 9.17) is 0 Å². The van der Waals surface area contributed by atoms with Crippen LogP contribution >= 0.6 is 0 Å². The Labute approximate surface area is 137 Å². The molecular weight excluding hydrogens is 314 g/mol. The molecule has 7 heteroatoms. The number of halogens is 2. The first-order valence-corrected chi connectivity index (χ1v) is 7.16. The fourth-order valence-electron chi connectivity index (χ4n) is 2.29. The Kier molecular flexibility index (Phi) is 4.07. The second-order valence-corrected chi connectivity index (χ2v) is 5.34. The third-order valence-corrected chi connectivity index (χ3v) is 3.53. The Bertz CT molecular complexity index is 921. The number of nitrogens with zero attached hydrogens (tertiary/aromatic N) is 3. The maximum atomic E-state index is 14.0. The molecular formula is C17H14F2N4O. The highest BCUT2D eigenvalue weighted by atomic mass is 19.1. The molecule has 122 valence electrons. The molecule has 2 aromatic heterocycles. The van der Waals surface area contributed by atoms with Crippen LogP contribution in [0.25, 0.3) is 11.3 Å². The maximum Gasteiger partial charge on any atom is 0.258 e. The van der Waals surface area contributed by atoms with Crippen LogP contribution in [0.1, 0.15) is 15.9 Å². The van der Waals surface area contributed by atoms with Crippen molar-refractivity contribution in [3.63, 3.8) is 0 Å². The van der Waals surface area contributed by atoms with Gasteiger partial charge in [0.1, 0.15) is 11.6 Å². The lowest BCUT2D eigenvalue weighted by atomic mass is 10.1. The molecule has 0 aliphatic carbocycles. The van der Waals surface area contributed by atoms with E-state index in [1.165, 1.54) is 6.92 Å². The van der Waals surface area contributed by atoms with Crippen LogP contribution in [-0.2, 0) is 7.05 Å². The van der Waals surface area contributed by atoms with Crippen LogP contribution < -0.4 is 5.32 Å². The molecule has 0 saturated heterocycles. The normalized spacial score (nSPS) is 10.7. The molecule has 1 N–H and O–H groups in total. The predicted octanol–water partition coefficient (Wildman–Crippen LogP) is 3.32. The zero-order chi connectivity index (χ0) is 17.3. The number of benzene rings is 1. The first-order chi connectivity index (χ1) is 11.5. The number of aromatic nitrogens is 3. The highest BCUT2D eigenvalue weighted by Gasteiger charge is 2.17. The molecule has 1 aromatic carbocycles.